The fourth-order valence-electron chi connectivity index (χ4n) is 4.18. The largest absolute Gasteiger partial charge is 0.418 e. The van der Waals surface area contributed by atoms with Crippen molar-refractivity contribution in [2.24, 2.45) is 5.10 Å². The van der Waals surface area contributed by atoms with E-state index >= 15 is 0 Å². The molecule has 5 rings (SSSR count). The first-order valence-corrected chi connectivity index (χ1v) is 11.6. The van der Waals surface area contributed by atoms with E-state index in [0.29, 0.717) is 22.3 Å². The Labute approximate surface area is 215 Å². The summed E-state index contributed by atoms with van der Waals surface area (Å²) in [7, 11) is 0. The van der Waals surface area contributed by atoms with E-state index in [2.05, 4.69) is 25.6 Å². The maximum Gasteiger partial charge on any atom is 0.418 e. The van der Waals surface area contributed by atoms with Crippen molar-refractivity contribution in [3.63, 3.8) is 0 Å². The van der Waals surface area contributed by atoms with Gasteiger partial charge in [-0.05, 0) is 49.7 Å². The predicted octanol–water partition coefficient (Wildman–Crippen LogP) is 5.88. The molecule has 0 atom stereocenters. The van der Waals surface area contributed by atoms with Gasteiger partial charge >= 0.3 is 6.18 Å². The van der Waals surface area contributed by atoms with Crippen LogP contribution in [0.1, 0.15) is 32.7 Å². The second kappa shape index (κ2) is 9.89. The summed E-state index contributed by atoms with van der Waals surface area (Å²) in [5.74, 6) is -0.552. The number of nitrogens with zero attached hydrogens (tertiary/aromatic N) is 5. The molecule has 1 N–H and O–H groups in total. The van der Waals surface area contributed by atoms with Crippen LogP contribution < -0.4 is 5.43 Å². The van der Waals surface area contributed by atoms with E-state index in [0.717, 1.165) is 21.9 Å². The highest BCUT2D eigenvalue weighted by molar-refractivity contribution is 6.08. The highest BCUT2D eigenvalue weighted by atomic mass is 19.4. The number of nitrogens with one attached hydrogen (secondary N) is 1. The Morgan fingerprint density at radius 3 is 2.50 bits per heavy atom. The van der Waals surface area contributed by atoms with Gasteiger partial charge in [0.25, 0.3) is 5.91 Å². The van der Waals surface area contributed by atoms with E-state index < -0.39 is 17.6 Å². The van der Waals surface area contributed by atoms with E-state index in [4.69, 9.17) is 0 Å². The van der Waals surface area contributed by atoms with Crippen LogP contribution in [-0.4, -0.2) is 31.9 Å². The lowest BCUT2D eigenvalue weighted by Gasteiger charge is -2.13. The molecule has 3 heterocycles. The van der Waals surface area contributed by atoms with Crippen molar-refractivity contribution in [3.05, 3.63) is 107 Å². The summed E-state index contributed by atoms with van der Waals surface area (Å²) in [4.78, 5) is 22.0. The smallest absolute Gasteiger partial charge is 0.267 e. The van der Waals surface area contributed by atoms with Crippen LogP contribution in [0.3, 0.4) is 0 Å². The number of aryl methyl sites for hydroxylation is 2. The quantitative estimate of drug-likeness (QED) is 0.234. The molecule has 38 heavy (non-hydrogen) atoms. The van der Waals surface area contributed by atoms with Gasteiger partial charge in [-0.3, -0.25) is 9.78 Å². The number of benzene rings is 2. The van der Waals surface area contributed by atoms with Crippen LogP contribution in [0.2, 0.25) is 0 Å². The van der Waals surface area contributed by atoms with E-state index in [1.54, 1.807) is 37.5 Å². The first kappa shape index (κ1) is 24.8. The summed E-state index contributed by atoms with van der Waals surface area (Å²) in [5, 5.41) is 8.77. The van der Waals surface area contributed by atoms with Crippen LogP contribution in [0.15, 0.2) is 84.2 Å². The zero-order valence-electron chi connectivity index (χ0n) is 20.4. The molecule has 0 aliphatic heterocycles. The third-order valence-corrected chi connectivity index (χ3v) is 5.89. The molecule has 190 valence electrons. The number of aromatic nitrogens is 4. The highest BCUT2D eigenvalue weighted by Gasteiger charge is 2.35. The normalized spacial score (nSPS) is 11.8. The number of hydrogen-bond donors (Lipinski definition) is 1. The fourth-order valence-corrected chi connectivity index (χ4v) is 4.18. The van der Waals surface area contributed by atoms with Crippen LogP contribution in [0.4, 0.5) is 13.2 Å². The minimum Gasteiger partial charge on any atom is -0.267 e. The number of fused-ring (bicyclic) bond motifs is 1. The Hall–Kier alpha value is -4.86. The molecule has 10 heteroatoms. The number of halogens is 3. The van der Waals surface area contributed by atoms with Gasteiger partial charge in [-0.2, -0.15) is 23.4 Å². The molecule has 0 radical (unpaired) electrons. The van der Waals surface area contributed by atoms with Crippen LogP contribution >= 0.6 is 0 Å². The first-order chi connectivity index (χ1) is 18.2. The van der Waals surface area contributed by atoms with E-state index in [-0.39, 0.29) is 16.9 Å². The molecule has 2 aromatic carbocycles. The molecule has 0 aliphatic rings. The van der Waals surface area contributed by atoms with E-state index in [1.807, 2.05) is 31.2 Å². The van der Waals surface area contributed by atoms with Gasteiger partial charge in [0.05, 0.1) is 39.8 Å². The minimum absolute atomic E-state index is 0.112. The Morgan fingerprint density at radius 2 is 1.76 bits per heavy atom. The molecule has 0 saturated carbocycles. The van der Waals surface area contributed by atoms with Gasteiger partial charge in [-0.1, -0.05) is 42.0 Å². The number of hydrogen-bond acceptors (Lipinski definition) is 5. The van der Waals surface area contributed by atoms with Crippen LogP contribution in [0.25, 0.3) is 28.0 Å². The van der Waals surface area contributed by atoms with Crippen molar-refractivity contribution in [1.82, 2.24) is 25.2 Å². The van der Waals surface area contributed by atoms with Crippen molar-refractivity contribution in [1.29, 1.82) is 0 Å². The number of alkyl halides is 3. The summed E-state index contributed by atoms with van der Waals surface area (Å²) in [5.41, 5.74) is 4.95. The highest BCUT2D eigenvalue weighted by Crippen LogP contribution is 2.36. The standard InChI is InChI=1S/C28H21F3N6O/c1-17-6-5-7-19(14-17)16-33-35-27(38)21-15-23(20-10-12-32-13-11-20)34-26-25(21)18(2)36-37(26)24-9-4-3-8-22(24)28(29,30)31/h3-16H,1-2H3,(H,35,38)/b33-16+. The Kier molecular flexibility index (Phi) is 6.46. The molecule has 0 fully saturated rings. The Morgan fingerprint density at radius 1 is 1.00 bits per heavy atom. The average Bonchev–Trinajstić information content (AvgIpc) is 3.24. The summed E-state index contributed by atoms with van der Waals surface area (Å²) in [6, 6.07) is 17.7. The van der Waals surface area contributed by atoms with Gasteiger partial charge in [0.2, 0.25) is 0 Å². The monoisotopic (exact) mass is 514 g/mol. The van der Waals surface area contributed by atoms with Crippen LogP contribution in [0, 0.1) is 13.8 Å². The number of pyridine rings is 2. The molecule has 0 unspecified atom stereocenters. The molecule has 3 aromatic heterocycles. The summed E-state index contributed by atoms with van der Waals surface area (Å²) < 4.78 is 42.7. The van der Waals surface area contributed by atoms with Gasteiger partial charge in [-0.25, -0.2) is 15.1 Å². The predicted molar refractivity (Wildman–Crippen MR) is 138 cm³/mol. The van der Waals surface area contributed by atoms with Crippen molar-refractivity contribution in [3.8, 4) is 16.9 Å². The van der Waals surface area contributed by atoms with Gasteiger partial charge in [-0.15, -0.1) is 0 Å². The number of carbonyl (C=O) groups excluding carboxylic acids is 1. The summed E-state index contributed by atoms with van der Waals surface area (Å²) >= 11 is 0. The molecule has 5 aromatic rings. The second-order valence-electron chi connectivity index (χ2n) is 8.61. The summed E-state index contributed by atoms with van der Waals surface area (Å²) in [6.45, 7) is 3.57. The second-order valence-corrected chi connectivity index (χ2v) is 8.61. The van der Waals surface area contributed by atoms with Crippen molar-refractivity contribution in [2.75, 3.05) is 0 Å². The Bertz CT molecular complexity index is 1680. The lowest BCUT2D eigenvalue weighted by atomic mass is 10.1. The lowest BCUT2D eigenvalue weighted by Crippen LogP contribution is -2.18. The van der Waals surface area contributed by atoms with Crippen LogP contribution in [0.5, 0.6) is 0 Å². The third kappa shape index (κ3) is 4.88. The van der Waals surface area contributed by atoms with Crippen molar-refractivity contribution < 1.29 is 18.0 Å². The van der Waals surface area contributed by atoms with Crippen molar-refractivity contribution >= 4 is 23.2 Å². The molecule has 7 nitrogen and oxygen atoms in total. The number of rotatable bonds is 5. The fraction of sp³-hybridized carbons (Fsp3) is 0.107. The molecule has 0 aliphatic carbocycles. The number of para-hydroxylation sites is 1. The molecular weight excluding hydrogens is 493 g/mol. The average molecular weight is 515 g/mol. The summed E-state index contributed by atoms with van der Waals surface area (Å²) in [6.07, 6.45) is 0.0301. The van der Waals surface area contributed by atoms with Gasteiger partial charge in [0.15, 0.2) is 5.65 Å². The molecule has 0 saturated heterocycles. The first-order valence-electron chi connectivity index (χ1n) is 11.6. The zero-order chi connectivity index (χ0) is 26.9. The number of carbonyl (C=O) groups is 1. The Balaban J connectivity index is 1.66. The van der Waals surface area contributed by atoms with Gasteiger partial charge in [0.1, 0.15) is 0 Å². The number of hydrazone groups is 1. The maximum atomic E-state index is 13.8. The number of amides is 1. The minimum atomic E-state index is -4.61. The molecule has 0 spiro atoms. The molecule has 0 bridgehead atoms. The van der Waals surface area contributed by atoms with Crippen LogP contribution in [-0.2, 0) is 6.18 Å². The van der Waals surface area contributed by atoms with E-state index in [1.165, 1.54) is 24.4 Å². The maximum absolute atomic E-state index is 13.8. The van der Waals surface area contributed by atoms with Gasteiger partial charge < -0.3 is 0 Å². The third-order valence-electron chi connectivity index (χ3n) is 5.89. The van der Waals surface area contributed by atoms with Gasteiger partial charge in [0, 0.05) is 18.0 Å². The molecule has 1 amide bonds. The zero-order valence-corrected chi connectivity index (χ0v) is 20.4. The van der Waals surface area contributed by atoms with E-state index in [9.17, 15) is 18.0 Å². The topological polar surface area (TPSA) is 85.1 Å². The molecular formula is C28H21F3N6O. The lowest BCUT2D eigenvalue weighted by molar-refractivity contribution is -0.137. The SMILES string of the molecule is Cc1cccc(/C=N/NC(=O)c2cc(-c3ccncc3)nc3c2c(C)nn3-c2ccccc2C(F)(F)F)c1. The van der Waals surface area contributed by atoms with Crippen molar-refractivity contribution in [2.45, 2.75) is 20.0 Å².